The van der Waals surface area contributed by atoms with Crippen LogP contribution >= 0.6 is 0 Å². The smallest absolute Gasteiger partial charge is 0.305 e. The van der Waals surface area contributed by atoms with Gasteiger partial charge in [-0.1, -0.05) is 30.3 Å². The van der Waals surface area contributed by atoms with Gasteiger partial charge in [0.05, 0.1) is 30.2 Å². The number of carboxylic acid groups (broad SMARTS) is 1. The Morgan fingerprint density at radius 2 is 1.60 bits per heavy atom. The minimum atomic E-state index is -1.10. The number of carbonyl (C=O) groups is 3. The van der Waals surface area contributed by atoms with E-state index in [1.54, 1.807) is 48.5 Å². The molecule has 1 aliphatic rings. The van der Waals surface area contributed by atoms with Crippen molar-refractivity contribution in [2.75, 3.05) is 6.61 Å². The maximum absolute atomic E-state index is 12.7. The van der Waals surface area contributed by atoms with Gasteiger partial charge in [0.2, 0.25) is 0 Å². The van der Waals surface area contributed by atoms with E-state index in [9.17, 15) is 19.5 Å². The number of rotatable bonds is 6. The zero-order chi connectivity index (χ0) is 18.0. The summed E-state index contributed by atoms with van der Waals surface area (Å²) in [7, 11) is 0. The number of amides is 2. The summed E-state index contributed by atoms with van der Waals surface area (Å²) in [4.78, 5) is 37.9. The van der Waals surface area contributed by atoms with E-state index in [2.05, 4.69) is 0 Å². The predicted molar refractivity (Wildman–Crippen MR) is 89.5 cm³/mol. The highest BCUT2D eigenvalue weighted by Crippen LogP contribution is 2.37. The summed E-state index contributed by atoms with van der Waals surface area (Å²) in [6, 6.07) is 12.4. The number of carbonyl (C=O) groups excluding carboxylic acids is 2. The number of aliphatic carboxylic acids is 1. The van der Waals surface area contributed by atoms with Crippen molar-refractivity contribution in [2.24, 2.45) is 0 Å². The van der Waals surface area contributed by atoms with Crippen molar-refractivity contribution in [1.29, 1.82) is 0 Å². The second-order valence-corrected chi connectivity index (χ2v) is 5.61. The molecule has 6 nitrogen and oxygen atoms in total. The highest BCUT2D eigenvalue weighted by molar-refractivity contribution is 6.21. The quantitative estimate of drug-likeness (QED) is 0.818. The highest BCUT2D eigenvalue weighted by atomic mass is 16.5. The maximum atomic E-state index is 12.7. The molecule has 1 N–H and O–H groups in total. The number of benzene rings is 2. The molecule has 1 aliphatic heterocycles. The van der Waals surface area contributed by atoms with Crippen LogP contribution in [0.3, 0.4) is 0 Å². The molecule has 2 aromatic rings. The van der Waals surface area contributed by atoms with Gasteiger partial charge in [0.25, 0.3) is 11.8 Å². The van der Waals surface area contributed by atoms with Gasteiger partial charge < -0.3 is 9.84 Å². The number of ether oxygens (including phenoxy) is 1. The zero-order valence-electron chi connectivity index (χ0n) is 13.6. The average molecular weight is 339 g/mol. The number of para-hydroxylation sites is 1. The van der Waals surface area contributed by atoms with Gasteiger partial charge in [-0.25, -0.2) is 0 Å². The molecule has 3 rings (SSSR count). The lowest BCUT2D eigenvalue weighted by Crippen LogP contribution is -2.35. The summed E-state index contributed by atoms with van der Waals surface area (Å²) < 4.78 is 5.56. The Morgan fingerprint density at radius 1 is 1.04 bits per heavy atom. The van der Waals surface area contributed by atoms with Crippen molar-refractivity contribution in [1.82, 2.24) is 4.90 Å². The topological polar surface area (TPSA) is 83.9 Å². The molecule has 2 aromatic carbocycles. The van der Waals surface area contributed by atoms with Crippen LogP contribution in [0.5, 0.6) is 5.75 Å². The van der Waals surface area contributed by atoms with Gasteiger partial charge >= 0.3 is 5.97 Å². The van der Waals surface area contributed by atoms with Crippen LogP contribution in [0.15, 0.2) is 48.5 Å². The van der Waals surface area contributed by atoms with Crippen LogP contribution in [0.4, 0.5) is 0 Å². The minimum absolute atomic E-state index is 0.289. The van der Waals surface area contributed by atoms with E-state index in [0.717, 1.165) is 4.90 Å². The summed E-state index contributed by atoms with van der Waals surface area (Å²) in [5.74, 6) is -1.61. The predicted octanol–water partition coefficient (Wildman–Crippen LogP) is 2.90. The Morgan fingerprint density at radius 3 is 2.16 bits per heavy atom. The summed E-state index contributed by atoms with van der Waals surface area (Å²) in [5.41, 5.74) is 1.08. The second kappa shape index (κ2) is 6.76. The molecule has 0 fully saturated rings. The van der Waals surface area contributed by atoms with Gasteiger partial charge in [-0.05, 0) is 25.1 Å². The van der Waals surface area contributed by atoms with Crippen molar-refractivity contribution in [3.8, 4) is 5.75 Å². The number of carboxylic acids is 1. The Hall–Kier alpha value is -3.15. The third-order valence-electron chi connectivity index (χ3n) is 4.08. The molecule has 0 aromatic heterocycles. The van der Waals surface area contributed by atoms with Gasteiger partial charge in [-0.2, -0.15) is 0 Å². The normalized spacial score (nSPS) is 14.4. The fourth-order valence-corrected chi connectivity index (χ4v) is 3.04. The van der Waals surface area contributed by atoms with Gasteiger partial charge in [-0.15, -0.1) is 0 Å². The van der Waals surface area contributed by atoms with Crippen molar-refractivity contribution in [2.45, 2.75) is 19.4 Å². The third-order valence-corrected chi connectivity index (χ3v) is 4.08. The number of nitrogens with zero attached hydrogens (tertiary/aromatic N) is 1. The third kappa shape index (κ3) is 2.98. The van der Waals surface area contributed by atoms with Crippen molar-refractivity contribution < 1.29 is 24.2 Å². The van der Waals surface area contributed by atoms with E-state index in [1.807, 2.05) is 6.92 Å². The summed E-state index contributed by atoms with van der Waals surface area (Å²) >= 11 is 0. The molecule has 0 spiro atoms. The number of fused-ring (bicyclic) bond motifs is 1. The lowest BCUT2D eigenvalue weighted by molar-refractivity contribution is -0.138. The van der Waals surface area contributed by atoms with Gasteiger partial charge in [0.15, 0.2) is 0 Å². The average Bonchev–Trinajstić information content (AvgIpc) is 2.85. The van der Waals surface area contributed by atoms with Crippen LogP contribution in [0, 0.1) is 0 Å². The van der Waals surface area contributed by atoms with Gasteiger partial charge in [0, 0.05) is 5.56 Å². The zero-order valence-corrected chi connectivity index (χ0v) is 13.6. The lowest BCUT2D eigenvalue weighted by Gasteiger charge is -2.27. The molecular weight excluding hydrogens is 322 g/mol. The van der Waals surface area contributed by atoms with Crippen molar-refractivity contribution in [3.05, 3.63) is 65.2 Å². The second-order valence-electron chi connectivity index (χ2n) is 5.61. The van der Waals surface area contributed by atoms with E-state index in [1.165, 1.54) is 0 Å². The van der Waals surface area contributed by atoms with Crippen LogP contribution in [0.1, 0.15) is 45.7 Å². The largest absolute Gasteiger partial charge is 0.494 e. The van der Waals surface area contributed by atoms with Crippen LogP contribution in [-0.2, 0) is 4.79 Å². The monoisotopic (exact) mass is 339 g/mol. The molecule has 1 unspecified atom stereocenters. The molecule has 25 heavy (non-hydrogen) atoms. The first kappa shape index (κ1) is 16.7. The van der Waals surface area contributed by atoms with E-state index in [-0.39, 0.29) is 11.1 Å². The molecule has 1 atom stereocenters. The minimum Gasteiger partial charge on any atom is -0.494 e. The lowest BCUT2D eigenvalue weighted by atomic mass is 10.0. The molecule has 6 heteroatoms. The Labute approximate surface area is 144 Å². The van der Waals surface area contributed by atoms with E-state index < -0.39 is 30.2 Å². The van der Waals surface area contributed by atoms with E-state index >= 15 is 0 Å². The van der Waals surface area contributed by atoms with Crippen LogP contribution in [0.25, 0.3) is 0 Å². The van der Waals surface area contributed by atoms with E-state index in [0.29, 0.717) is 17.9 Å². The van der Waals surface area contributed by atoms with E-state index in [4.69, 9.17) is 4.74 Å². The molecule has 0 radical (unpaired) electrons. The van der Waals surface area contributed by atoms with Crippen molar-refractivity contribution in [3.63, 3.8) is 0 Å². The highest BCUT2D eigenvalue weighted by Gasteiger charge is 2.41. The van der Waals surface area contributed by atoms with Crippen molar-refractivity contribution >= 4 is 17.8 Å². The SMILES string of the molecule is CCOc1ccccc1C(CC(=O)O)N1C(=O)c2ccccc2C1=O. The number of hydrogen-bond acceptors (Lipinski definition) is 4. The number of imide groups is 1. The van der Waals surface area contributed by atoms with Gasteiger partial charge in [-0.3, -0.25) is 19.3 Å². The maximum Gasteiger partial charge on any atom is 0.305 e. The molecule has 2 amide bonds. The standard InChI is InChI=1S/C19H17NO5/c1-2-25-16-10-6-5-9-14(16)15(11-17(21)22)20-18(23)12-7-3-4-8-13(12)19(20)24/h3-10,15H,2,11H2,1H3,(H,21,22). The molecule has 0 saturated carbocycles. The Balaban J connectivity index is 2.08. The fraction of sp³-hybridized carbons (Fsp3) is 0.211. The molecular formula is C19H17NO5. The molecule has 0 bridgehead atoms. The molecule has 1 heterocycles. The van der Waals surface area contributed by atoms with Crippen LogP contribution in [0.2, 0.25) is 0 Å². The first-order valence-electron chi connectivity index (χ1n) is 7.95. The Bertz CT molecular complexity index is 810. The first-order chi connectivity index (χ1) is 12.0. The summed E-state index contributed by atoms with van der Waals surface area (Å²) in [6.07, 6.45) is -0.393. The summed E-state index contributed by atoms with van der Waals surface area (Å²) in [6.45, 7) is 2.20. The Kier molecular flexibility index (Phi) is 4.52. The van der Waals surface area contributed by atoms with Crippen LogP contribution in [-0.4, -0.2) is 34.4 Å². The fourth-order valence-electron chi connectivity index (χ4n) is 3.04. The first-order valence-corrected chi connectivity index (χ1v) is 7.95. The summed E-state index contributed by atoms with van der Waals surface area (Å²) in [5, 5.41) is 9.33. The molecule has 0 aliphatic carbocycles. The number of hydrogen-bond donors (Lipinski definition) is 1. The molecule has 0 saturated heterocycles. The van der Waals surface area contributed by atoms with Gasteiger partial charge in [0.1, 0.15) is 5.75 Å². The molecule has 128 valence electrons. The van der Waals surface area contributed by atoms with Crippen LogP contribution < -0.4 is 4.74 Å².